The normalized spacial score (nSPS) is 16.5. The third kappa shape index (κ3) is 4.47. The Morgan fingerprint density at radius 1 is 1.19 bits per heavy atom. The number of para-hydroxylation sites is 1. The summed E-state index contributed by atoms with van der Waals surface area (Å²) in [4.78, 5) is 22.6. The van der Waals surface area contributed by atoms with Crippen molar-refractivity contribution >= 4 is 16.8 Å². The number of amides is 1. The first-order valence-corrected chi connectivity index (χ1v) is 12.5. The molecule has 1 aliphatic rings. The number of rotatable bonds is 6. The van der Waals surface area contributed by atoms with E-state index in [9.17, 15) is 9.18 Å². The quantitative estimate of drug-likeness (QED) is 0.370. The summed E-state index contributed by atoms with van der Waals surface area (Å²) in [7, 11) is 0. The highest BCUT2D eigenvalue weighted by Crippen LogP contribution is 2.41. The number of fused-ring (bicyclic) bond motifs is 2. The van der Waals surface area contributed by atoms with Crippen molar-refractivity contribution in [3.05, 3.63) is 77.1 Å². The summed E-state index contributed by atoms with van der Waals surface area (Å²) in [5.74, 6) is 0.0715. The van der Waals surface area contributed by atoms with E-state index in [-0.39, 0.29) is 11.3 Å². The second kappa shape index (κ2) is 9.41. The topological polar surface area (TPSA) is 85.6 Å². The molecule has 8 heteroatoms. The Hall–Kier alpha value is -3.68. The SMILES string of the molecule is CCC(C)(C)C1CCc2nc3ccccc3c(C(=O)NC(C)c3cn(-c4cccc(F)n4)nn3)c2C1. The highest BCUT2D eigenvalue weighted by atomic mass is 19.1. The molecule has 1 aromatic carbocycles. The molecule has 2 unspecified atom stereocenters. The van der Waals surface area contributed by atoms with Gasteiger partial charge in [0, 0.05) is 11.1 Å². The number of hydrogen-bond acceptors (Lipinski definition) is 5. The summed E-state index contributed by atoms with van der Waals surface area (Å²) in [5.41, 5.74) is 4.38. The van der Waals surface area contributed by atoms with Crippen LogP contribution in [0.2, 0.25) is 0 Å². The number of carbonyl (C=O) groups is 1. The van der Waals surface area contributed by atoms with E-state index in [4.69, 9.17) is 4.98 Å². The first kappa shape index (κ1) is 24.0. The molecular formula is C28H31FN6O. The molecule has 1 aliphatic carbocycles. The van der Waals surface area contributed by atoms with Crippen molar-refractivity contribution in [3.8, 4) is 5.82 Å². The van der Waals surface area contributed by atoms with E-state index in [0.717, 1.165) is 47.8 Å². The lowest BCUT2D eigenvalue weighted by molar-refractivity contribution is 0.0937. The van der Waals surface area contributed by atoms with Crippen molar-refractivity contribution in [2.75, 3.05) is 0 Å². The van der Waals surface area contributed by atoms with Gasteiger partial charge < -0.3 is 5.32 Å². The average Bonchev–Trinajstić information content (AvgIpc) is 3.37. The van der Waals surface area contributed by atoms with Crippen LogP contribution >= 0.6 is 0 Å². The maximum atomic E-state index is 13.8. The van der Waals surface area contributed by atoms with E-state index in [1.165, 1.54) is 10.7 Å². The largest absolute Gasteiger partial charge is 0.344 e. The maximum Gasteiger partial charge on any atom is 0.252 e. The van der Waals surface area contributed by atoms with Crippen molar-refractivity contribution < 1.29 is 9.18 Å². The first-order valence-electron chi connectivity index (χ1n) is 12.5. The van der Waals surface area contributed by atoms with Crippen LogP contribution in [0.15, 0.2) is 48.7 Å². The molecule has 1 N–H and O–H groups in total. The molecule has 0 fully saturated rings. The Kier molecular flexibility index (Phi) is 6.28. The fourth-order valence-corrected chi connectivity index (χ4v) is 5.06. The molecule has 0 radical (unpaired) electrons. The van der Waals surface area contributed by atoms with Crippen LogP contribution in [0.5, 0.6) is 0 Å². The molecule has 0 saturated heterocycles. The Bertz CT molecular complexity index is 1430. The summed E-state index contributed by atoms with van der Waals surface area (Å²) in [6.07, 6.45) is 5.54. The number of aromatic nitrogens is 5. The van der Waals surface area contributed by atoms with Crippen LogP contribution in [0.25, 0.3) is 16.7 Å². The number of nitrogens with one attached hydrogen (secondary N) is 1. The number of carbonyl (C=O) groups excluding carboxylic acids is 1. The predicted molar refractivity (Wildman–Crippen MR) is 136 cm³/mol. The fraction of sp³-hybridized carbons (Fsp3) is 0.393. The van der Waals surface area contributed by atoms with Gasteiger partial charge in [-0.15, -0.1) is 5.10 Å². The Labute approximate surface area is 210 Å². The monoisotopic (exact) mass is 486 g/mol. The van der Waals surface area contributed by atoms with Crippen LogP contribution in [-0.4, -0.2) is 30.9 Å². The highest BCUT2D eigenvalue weighted by molar-refractivity contribution is 6.07. The van der Waals surface area contributed by atoms with Crippen LogP contribution in [0.4, 0.5) is 4.39 Å². The third-order valence-electron chi connectivity index (χ3n) is 7.74. The Balaban J connectivity index is 1.47. The van der Waals surface area contributed by atoms with Crippen LogP contribution in [-0.2, 0) is 12.8 Å². The van der Waals surface area contributed by atoms with E-state index in [2.05, 4.69) is 41.4 Å². The molecule has 4 aromatic rings. The van der Waals surface area contributed by atoms with Gasteiger partial charge in [-0.2, -0.15) is 4.39 Å². The standard InChI is InChI=1S/C28H31FN6O/c1-5-28(3,4)18-13-14-22-20(15-18)26(19-9-6-7-10-21(19)31-22)27(36)30-17(2)23-16-35(34-33-23)25-12-8-11-24(29)32-25/h6-12,16-18H,5,13-15H2,1-4H3,(H,30,36). The van der Waals surface area contributed by atoms with Crippen LogP contribution < -0.4 is 5.32 Å². The number of benzene rings is 1. The molecule has 36 heavy (non-hydrogen) atoms. The summed E-state index contributed by atoms with van der Waals surface area (Å²) < 4.78 is 14.9. The lowest BCUT2D eigenvalue weighted by atomic mass is 9.68. The minimum absolute atomic E-state index is 0.147. The minimum atomic E-state index is -0.593. The lowest BCUT2D eigenvalue weighted by Crippen LogP contribution is -2.33. The lowest BCUT2D eigenvalue weighted by Gasteiger charge is -2.37. The predicted octanol–water partition coefficient (Wildman–Crippen LogP) is 5.38. The number of aryl methyl sites for hydroxylation is 1. The van der Waals surface area contributed by atoms with E-state index < -0.39 is 12.0 Å². The molecule has 0 aliphatic heterocycles. The van der Waals surface area contributed by atoms with Crippen LogP contribution in [0, 0.1) is 17.3 Å². The van der Waals surface area contributed by atoms with E-state index in [1.807, 2.05) is 31.2 Å². The Morgan fingerprint density at radius 2 is 2.00 bits per heavy atom. The molecule has 0 bridgehead atoms. The zero-order chi connectivity index (χ0) is 25.4. The van der Waals surface area contributed by atoms with Crippen molar-refractivity contribution in [1.29, 1.82) is 0 Å². The van der Waals surface area contributed by atoms with Gasteiger partial charge in [0.05, 0.1) is 23.3 Å². The van der Waals surface area contributed by atoms with Crippen molar-refractivity contribution in [2.45, 2.75) is 59.4 Å². The molecule has 3 aromatic heterocycles. The molecule has 2 atom stereocenters. The smallest absolute Gasteiger partial charge is 0.252 e. The van der Waals surface area contributed by atoms with Gasteiger partial charge in [0.2, 0.25) is 5.95 Å². The van der Waals surface area contributed by atoms with Gasteiger partial charge in [-0.3, -0.25) is 9.78 Å². The van der Waals surface area contributed by atoms with Crippen molar-refractivity contribution in [1.82, 2.24) is 30.3 Å². The second-order valence-electron chi connectivity index (χ2n) is 10.3. The summed E-state index contributed by atoms with van der Waals surface area (Å²) in [6, 6.07) is 11.9. The zero-order valence-electron chi connectivity index (χ0n) is 21.1. The molecule has 7 nitrogen and oxygen atoms in total. The van der Waals surface area contributed by atoms with Gasteiger partial charge in [0.1, 0.15) is 5.69 Å². The summed E-state index contributed by atoms with van der Waals surface area (Å²) in [5, 5.41) is 12.3. The number of pyridine rings is 2. The minimum Gasteiger partial charge on any atom is -0.344 e. The van der Waals surface area contributed by atoms with Gasteiger partial charge in [0.15, 0.2) is 5.82 Å². The van der Waals surface area contributed by atoms with E-state index in [1.54, 1.807) is 18.3 Å². The van der Waals surface area contributed by atoms with E-state index >= 15 is 0 Å². The average molecular weight is 487 g/mol. The van der Waals surface area contributed by atoms with Crippen LogP contribution in [0.3, 0.4) is 0 Å². The van der Waals surface area contributed by atoms with Crippen LogP contribution in [0.1, 0.15) is 73.9 Å². The molecule has 0 spiro atoms. The number of hydrogen-bond donors (Lipinski definition) is 1. The highest BCUT2D eigenvalue weighted by Gasteiger charge is 2.34. The molecule has 1 amide bonds. The van der Waals surface area contributed by atoms with Gasteiger partial charge in [-0.1, -0.05) is 56.7 Å². The van der Waals surface area contributed by atoms with Gasteiger partial charge in [-0.05, 0) is 61.3 Å². The van der Waals surface area contributed by atoms with Gasteiger partial charge in [-0.25, -0.2) is 9.67 Å². The molecule has 3 heterocycles. The third-order valence-corrected chi connectivity index (χ3v) is 7.74. The first-order chi connectivity index (χ1) is 17.3. The van der Waals surface area contributed by atoms with Crippen molar-refractivity contribution in [3.63, 3.8) is 0 Å². The fourth-order valence-electron chi connectivity index (χ4n) is 5.06. The van der Waals surface area contributed by atoms with E-state index in [0.29, 0.717) is 23.0 Å². The molecular weight excluding hydrogens is 455 g/mol. The molecule has 0 saturated carbocycles. The summed E-state index contributed by atoms with van der Waals surface area (Å²) in [6.45, 7) is 8.73. The van der Waals surface area contributed by atoms with Gasteiger partial charge in [0.25, 0.3) is 5.91 Å². The molecule has 5 rings (SSSR count). The van der Waals surface area contributed by atoms with Gasteiger partial charge >= 0.3 is 0 Å². The number of halogens is 1. The Morgan fingerprint density at radius 3 is 2.78 bits per heavy atom. The second-order valence-corrected chi connectivity index (χ2v) is 10.3. The molecule has 186 valence electrons. The zero-order valence-corrected chi connectivity index (χ0v) is 21.1. The van der Waals surface area contributed by atoms with Crippen molar-refractivity contribution in [2.24, 2.45) is 11.3 Å². The maximum absolute atomic E-state index is 13.8. The number of nitrogens with zero attached hydrogens (tertiary/aromatic N) is 5. The summed E-state index contributed by atoms with van der Waals surface area (Å²) >= 11 is 0.